The summed E-state index contributed by atoms with van der Waals surface area (Å²) in [6.07, 6.45) is 1.58. The van der Waals surface area contributed by atoms with Crippen molar-refractivity contribution in [2.24, 2.45) is 0 Å². The van der Waals surface area contributed by atoms with Crippen LogP contribution in [0.1, 0.15) is 6.92 Å². The second-order valence-corrected chi connectivity index (χ2v) is 2.77. The standard InChI is InChI=1S/C10H11N3/c1-2-11-10-8-5-3-4-6-9(8)12-7-13-10/h3-7H,2H2,1H3,(H,11,12,13). The molecular weight excluding hydrogens is 162 g/mol. The van der Waals surface area contributed by atoms with Gasteiger partial charge in [0.2, 0.25) is 0 Å². The molecule has 0 atom stereocenters. The first-order chi connectivity index (χ1) is 6.42. The predicted octanol–water partition coefficient (Wildman–Crippen LogP) is 2.06. The maximum atomic E-state index is 4.17. The molecule has 0 saturated carbocycles. The van der Waals surface area contributed by atoms with Gasteiger partial charge in [-0.3, -0.25) is 0 Å². The summed E-state index contributed by atoms with van der Waals surface area (Å²) < 4.78 is 0. The Hall–Kier alpha value is -1.64. The molecule has 1 aromatic heterocycles. The van der Waals surface area contributed by atoms with Crippen LogP contribution in [0.3, 0.4) is 0 Å². The zero-order valence-corrected chi connectivity index (χ0v) is 7.49. The second kappa shape index (κ2) is 3.39. The number of nitrogens with zero attached hydrogens (tertiary/aromatic N) is 2. The van der Waals surface area contributed by atoms with Gasteiger partial charge in [0.1, 0.15) is 12.1 Å². The molecule has 0 aliphatic heterocycles. The molecule has 0 aliphatic rings. The van der Waals surface area contributed by atoms with Gasteiger partial charge in [0.25, 0.3) is 0 Å². The van der Waals surface area contributed by atoms with Crippen molar-refractivity contribution in [2.45, 2.75) is 6.92 Å². The number of anilines is 1. The molecular formula is C10H11N3. The van der Waals surface area contributed by atoms with Gasteiger partial charge in [-0.2, -0.15) is 0 Å². The zero-order chi connectivity index (χ0) is 9.10. The summed E-state index contributed by atoms with van der Waals surface area (Å²) in [6, 6.07) is 7.97. The number of rotatable bonds is 2. The average Bonchev–Trinajstić information content (AvgIpc) is 2.19. The van der Waals surface area contributed by atoms with Crippen LogP contribution in [0.25, 0.3) is 10.9 Å². The molecule has 3 nitrogen and oxygen atoms in total. The average molecular weight is 173 g/mol. The number of para-hydroxylation sites is 1. The Morgan fingerprint density at radius 3 is 2.92 bits per heavy atom. The van der Waals surface area contributed by atoms with Crippen LogP contribution in [-0.2, 0) is 0 Å². The fourth-order valence-electron chi connectivity index (χ4n) is 1.31. The Balaban J connectivity index is 2.61. The van der Waals surface area contributed by atoms with E-state index in [0.717, 1.165) is 23.3 Å². The van der Waals surface area contributed by atoms with Crippen molar-refractivity contribution in [1.82, 2.24) is 9.97 Å². The number of aromatic nitrogens is 2. The fraction of sp³-hybridized carbons (Fsp3) is 0.200. The Labute approximate surface area is 76.8 Å². The van der Waals surface area contributed by atoms with Gasteiger partial charge in [0.15, 0.2) is 0 Å². The molecule has 0 bridgehead atoms. The quantitative estimate of drug-likeness (QED) is 0.755. The van der Waals surface area contributed by atoms with E-state index in [2.05, 4.69) is 22.2 Å². The van der Waals surface area contributed by atoms with Crippen LogP contribution in [0, 0.1) is 0 Å². The molecule has 1 heterocycles. The van der Waals surface area contributed by atoms with Gasteiger partial charge in [-0.1, -0.05) is 12.1 Å². The van der Waals surface area contributed by atoms with Crippen molar-refractivity contribution in [3.05, 3.63) is 30.6 Å². The van der Waals surface area contributed by atoms with E-state index in [-0.39, 0.29) is 0 Å². The van der Waals surface area contributed by atoms with Crippen molar-refractivity contribution in [3.63, 3.8) is 0 Å². The van der Waals surface area contributed by atoms with Crippen LogP contribution < -0.4 is 5.32 Å². The van der Waals surface area contributed by atoms with E-state index in [1.807, 2.05) is 24.3 Å². The lowest BCUT2D eigenvalue weighted by Gasteiger charge is -2.04. The third-order valence-corrected chi connectivity index (χ3v) is 1.89. The molecule has 0 radical (unpaired) electrons. The summed E-state index contributed by atoms with van der Waals surface area (Å²) in [7, 11) is 0. The zero-order valence-electron chi connectivity index (χ0n) is 7.49. The summed E-state index contributed by atoms with van der Waals surface area (Å²) >= 11 is 0. The van der Waals surface area contributed by atoms with Gasteiger partial charge in [-0.25, -0.2) is 9.97 Å². The highest BCUT2D eigenvalue weighted by Gasteiger charge is 1.99. The van der Waals surface area contributed by atoms with Crippen molar-refractivity contribution in [3.8, 4) is 0 Å². The molecule has 66 valence electrons. The van der Waals surface area contributed by atoms with Gasteiger partial charge in [0.05, 0.1) is 5.52 Å². The molecule has 2 rings (SSSR count). The number of benzene rings is 1. The molecule has 1 aromatic carbocycles. The monoisotopic (exact) mass is 173 g/mol. The van der Waals surface area contributed by atoms with Gasteiger partial charge >= 0.3 is 0 Å². The number of nitrogens with one attached hydrogen (secondary N) is 1. The van der Waals surface area contributed by atoms with Gasteiger partial charge in [0, 0.05) is 11.9 Å². The number of fused-ring (bicyclic) bond motifs is 1. The Kier molecular flexibility index (Phi) is 2.08. The van der Waals surface area contributed by atoms with Gasteiger partial charge < -0.3 is 5.32 Å². The third kappa shape index (κ3) is 1.45. The predicted molar refractivity (Wildman–Crippen MR) is 53.7 cm³/mol. The van der Waals surface area contributed by atoms with Crippen molar-refractivity contribution >= 4 is 16.7 Å². The van der Waals surface area contributed by atoms with Crippen LogP contribution in [0.15, 0.2) is 30.6 Å². The molecule has 0 unspecified atom stereocenters. The molecule has 0 fully saturated rings. The van der Waals surface area contributed by atoms with E-state index in [1.54, 1.807) is 6.33 Å². The molecule has 0 aliphatic carbocycles. The largest absolute Gasteiger partial charge is 0.370 e. The second-order valence-electron chi connectivity index (χ2n) is 2.77. The van der Waals surface area contributed by atoms with E-state index in [1.165, 1.54) is 0 Å². The van der Waals surface area contributed by atoms with Crippen molar-refractivity contribution in [2.75, 3.05) is 11.9 Å². The highest BCUT2D eigenvalue weighted by atomic mass is 15.0. The lowest BCUT2D eigenvalue weighted by molar-refractivity contribution is 1.14. The minimum Gasteiger partial charge on any atom is -0.370 e. The first-order valence-electron chi connectivity index (χ1n) is 4.35. The normalized spacial score (nSPS) is 10.2. The van der Waals surface area contributed by atoms with E-state index in [9.17, 15) is 0 Å². The Morgan fingerprint density at radius 1 is 1.23 bits per heavy atom. The molecule has 13 heavy (non-hydrogen) atoms. The maximum absolute atomic E-state index is 4.17. The van der Waals surface area contributed by atoms with Crippen LogP contribution >= 0.6 is 0 Å². The summed E-state index contributed by atoms with van der Waals surface area (Å²) in [5.74, 6) is 0.910. The molecule has 0 saturated heterocycles. The summed E-state index contributed by atoms with van der Waals surface area (Å²) in [5.41, 5.74) is 0.980. The third-order valence-electron chi connectivity index (χ3n) is 1.89. The fourth-order valence-corrected chi connectivity index (χ4v) is 1.31. The number of hydrogen-bond acceptors (Lipinski definition) is 3. The van der Waals surface area contributed by atoms with Crippen LogP contribution in [-0.4, -0.2) is 16.5 Å². The van der Waals surface area contributed by atoms with E-state index >= 15 is 0 Å². The minimum absolute atomic E-state index is 0.876. The van der Waals surface area contributed by atoms with Crippen LogP contribution in [0.2, 0.25) is 0 Å². The van der Waals surface area contributed by atoms with Gasteiger partial charge in [-0.05, 0) is 19.1 Å². The molecule has 0 spiro atoms. The van der Waals surface area contributed by atoms with Crippen molar-refractivity contribution < 1.29 is 0 Å². The molecule has 3 heteroatoms. The molecule has 1 N–H and O–H groups in total. The van der Waals surface area contributed by atoms with Crippen LogP contribution in [0.5, 0.6) is 0 Å². The maximum Gasteiger partial charge on any atom is 0.137 e. The van der Waals surface area contributed by atoms with E-state index < -0.39 is 0 Å². The highest BCUT2D eigenvalue weighted by Crippen LogP contribution is 2.17. The Bertz CT molecular complexity index is 406. The summed E-state index contributed by atoms with van der Waals surface area (Å²) in [5, 5.41) is 4.28. The SMILES string of the molecule is CCNc1ncnc2ccccc12. The van der Waals surface area contributed by atoms with Crippen LogP contribution in [0.4, 0.5) is 5.82 Å². The summed E-state index contributed by atoms with van der Waals surface area (Å²) in [6.45, 7) is 2.93. The minimum atomic E-state index is 0.876. The number of hydrogen-bond donors (Lipinski definition) is 1. The molecule has 2 aromatic rings. The highest BCUT2D eigenvalue weighted by molar-refractivity contribution is 5.88. The first kappa shape index (κ1) is 7.98. The summed E-state index contributed by atoms with van der Waals surface area (Å²) in [4.78, 5) is 8.35. The lowest BCUT2D eigenvalue weighted by atomic mass is 10.2. The Morgan fingerprint density at radius 2 is 2.08 bits per heavy atom. The smallest absolute Gasteiger partial charge is 0.137 e. The molecule has 0 amide bonds. The topological polar surface area (TPSA) is 37.8 Å². The van der Waals surface area contributed by atoms with Crippen molar-refractivity contribution in [1.29, 1.82) is 0 Å². The first-order valence-corrected chi connectivity index (χ1v) is 4.35. The van der Waals surface area contributed by atoms with E-state index in [4.69, 9.17) is 0 Å². The lowest BCUT2D eigenvalue weighted by Crippen LogP contribution is -2.00. The van der Waals surface area contributed by atoms with Gasteiger partial charge in [-0.15, -0.1) is 0 Å². The van der Waals surface area contributed by atoms with E-state index in [0.29, 0.717) is 0 Å².